The number of alkyl halides is 1. The Morgan fingerprint density at radius 3 is 2.62 bits per heavy atom. The Balaban J connectivity index is 2.39. The summed E-state index contributed by atoms with van der Waals surface area (Å²) in [4.78, 5) is 0.622. The van der Waals surface area contributed by atoms with Crippen LogP contribution in [0.1, 0.15) is 25.7 Å². The summed E-state index contributed by atoms with van der Waals surface area (Å²) in [6.07, 6.45) is 5.24. The lowest BCUT2D eigenvalue weighted by Crippen LogP contribution is -2.06. The van der Waals surface area contributed by atoms with Crippen molar-refractivity contribution in [3.63, 3.8) is 0 Å². The summed E-state index contributed by atoms with van der Waals surface area (Å²) in [6.45, 7) is 3.95. The van der Waals surface area contributed by atoms with Crippen LogP contribution < -0.4 is 0 Å². The maximum atomic E-state index is 3.95. The van der Waals surface area contributed by atoms with Gasteiger partial charge in [-0.2, -0.15) is 0 Å². The van der Waals surface area contributed by atoms with Crippen molar-refractivity contribution in [1.82, 2.24) is 0 Å². The van der Waals surface area contributed by atoms with Gasteiger partial charge in [0.05, 0.1) is 0 Å². The Hall–Kier alpha value is 0.220. The summed E-state index contributed by atoms with van der Waals surface area (Å²) in [5.41, 5.74) is 1.39. The highest BCUT2D eigenvalue weighted by molar-refractivity contribution is 9.09. The van der Waals surface area contributed by atoms with Gasteiger partial charge in [0.25, 0.3) is 0 Å². The Labute approximate surface area is 59.1 Å². The number of hydrogen-bond acceptors (Lipinski definition) is 0. The third-order valence-corrected chi connectivity index (χ3v) is 2.75. The number of allylic oxidation sites excluding steroid dienone is 1. The zero-order valence-electron chi connectivity index (χ0n) is 4.99. The van der Waals surface area contributed by atoms with Crippen LogP contribution in [0.4, 0.5) is 0 Å². The molecule has 0 aromatic carbocycles. The molecule has 0 amide bonds. The smallest absolute Gasteiger partial charge is 0.0352 e. The van der Waals surface area contributed by atoms with Crippen molar-refractivity contribution in [2.45, 2.75) is 30.5 Å². The molecule has 1 aliphatic rings. The summed E-state index contributed by atoms with van der Waals surface area (Å²) >= 11 is 3.55. The summed E-state index contributed by atoms with van der Waals surface area (Å²) in [6, 6.07) is 0. The predicted molar refractivity (Wildman–Crippen MR) is 40.3 cm³/mol. The van der Waals surface area contributed by atoms with E-state index in [2.05, 4.69) is 22.5 Å². The lowest BCUT2D eigenvalue weighted by atomic mass is 9.96. The molecule has 0 bridgehead atoms. The SMILES string of the molecule is C=C1CCCC[C@@H]1Br. The molecule has 46 valence electrons. The van der Waals surface area contributed by atoms with Crippen molar-refractivity contribution in [2.24, 2.45) is 0 Å². The minimum atomic E-state index is 0.622. The summed E-state index contributed by atoms with van der Waals surface area (Å²) in [7, 11) is 0. The van der Waals surface area contributed by atoms with Gasteiger partial charge in [0, 0.05) is 4.83 Å². The van der Waals surface area contributed by atoms with Gasteiger partial charge >= 0.3 is 0 Å². The Morgan fingerprint density at radius 2 is 2.25 bits per heavy atom. The van der Waals surface area contributed by atoms with Gasteiger partial charge in [-0.25, -0.2) is 0 Å². The van der Waals surface area contributed by atoms with Crippen LogP contribution in [-0.4, -0.2) is 4.83 Å². The molecule has 0 unspecified atom stereocenters. The minimum absolute atomic E-state index is 0.622. The van der Waals surface area contributed by atoms with Crippen molar-refractivity contribution < 1.29 is 0 Å². The van der Waals surface area contributed by atoms with Crippen LogP contribution in [0.15, 0.2) is 12.2 Å². The first-order valence-electron chi connectivity index (χ1n) is 3.12. The molecule has 8 heavy (non-hydrogen) atoms. The fourth-order valence-corrected chi connectivity index (χ4v) is 1.59. The van der Waals surface area contributed by atoms with Gasteiger partial charge in [-0.05, 0) is 19.3 Å². The molecule has 0 aliphatic heterocycles. The van der Waals surface area contributed by atoms with E-state index in [4.69, 9.17) is 0 Å². The van der Waals surface area contributed by atoms with Gasteiger partial charge in [-0.15, -0.1) is 0 Å². The molecule has 0 aromatic heterocycles. The first-order valence-corrected chi connectivity index (χ1v) is 4.04. The van der Waals surface area contributed by atoms with Gasteiger partial charge < -0.3 is 0 Å². The third-order valence-electron chi connectivity index (χ3n) is 1.65. The monoisotopic (exact) mass is 174 g/mol. The standard InChI is InChI=1S/C7H11Br/c1-6-4-2-3-5-7(6)8/h7H,1-5H2/t7-/m0/s1. The van der Waals surface area contributed by atoms with Crippen LogP contribution >= 0.6 is 15.9 Å². The largest absolute Gasteiger partial charge is 0.0987 e. The van der Waals surface area contributed by atoms with E-state index in [0.717, 1.165) is 0 Å². The van der Waals surface area contributed by atoms with Gasteiger partial charge in [-0.1, -0.05) is 34.5 Å². The van der Waals surface area contributed by atoms with E-state index in [1.54, 1.807) is 0 Å². The molecule has 0 aromatic rings. The van der Waals surface area contributed by atoms with E-state index in [1.165, 1.54) is 31.3 Å². The van der Waals surface area contributed by atoms with Gasteiger partial charge in [-0.3, -0.25) is 0 Å². The van der Waals surface area contributed by atoms with Crippen molar-refractivity contribution in [1.29, 1.82) is 0 Å². The van der Waals surface area contributed by atoms with Crippen LogP contribution in [0.5, 0.6) is 0 Å². The van der Waals surface area contributed by atoms with E-state index in [-0.39, 0.29) is 0 Å². The van der Waals surface area contributed by atoms with E-state index in [9.17, 15) is 0 Å². The summed E-state index contributed by atoms with van der Waals surface area (Å²) in [5, 5.41) is 0. The molecular weight excluding hydrogens is 164 g/mol. The minimum Gasteiger partial charge on any atom is -0.0987 e. The van der Waals surface area contributed by atoms with E-state index in [1.807, 2.05) is 0 Å². The summed E-state index contributed by atoms with van der Waals surface area (Å²) < 4.78 is 0. The molecule has 0 nitrogen and oxygen atoms in total. The van der Waals surface area contributed by atoms with Crippen LogP contribution in [0, 0.1) is 0 Å². The molecule has 0 radical (unpaired) electrons. The van der Waals surface area contributed by atoms with Crippen molar-refractivity contribution in [2.75, 3.05) is 0 Å². The summed E-state index contributed by atoms with van der Waals surface area (Å²) in [5.74, 6) is 0. The lowest BCUT2D eigenvalue weighted by Gasteiger charge is -2.17. The highest BCUT2D eigenvalue weighted by atomic mass is 79.9. The van der Waals surface area contributed by atoms with Gasteiger partial charge in [0.15, 0.2) is 0 Å². The second-order valence-corrected chi connectivity index (χ2v) is 3.48. The number of halogens is 1. The predicted octanol–water partition coefficient (Wildman–Crippen LogP) is 2.88. The topological polar surface area (TPSA) is 0 Å². The third kappa shape index (κ3) is 1.35. The molecular formula is C7H11Br. The zero-order chi connectivity index (χ0) is 5.98. The van der Waals surface area contributed by atoms with E-state index in [0.29, 0.717) is 4.83 Å². The molecule has 1 atom stereocenters. The fraction of sp³-hybridized carbons (Fsp3) is 0.714. The average molecular weight is 175 g/mol. The molecule has 1 rings (SSSR count). The normalized spacial score (nSPS) is 30.6. The number of rotatable bonds is 0. The first-order chi connectivity index (χ1) is 3.80. The van der Waals surface area contributed by atoms with Crippen LogP contribution in [0.3, 0.4) is 0 Å². The molecule has 0 N–H and O–H groups in total. The van der Waals surface area contributed by atoms with Crippen molar-refractivity contribution in [3.05, 3.63) is 12.2 Å². The molecule has 1 aliphatic carbocycles. The van der Waals surface area contributed by atoms with Crippen LogP contribution in [0.2, 0.25) is 0 Å². The molecule has 0 heterocycles. The van der Waals surface area contributed by atoms with E-state index >= 15 is 0 Å². The average Bonchev–Trinajstić information content (AvgIpc) is 1.77. The Bertz CT molecular complexity index is 96.6. The molecule has 1 heteroatoms. The van der Waals surface area contributed by atoms with Crippen molar-refractivity contribution >= 4 is 15.9 Å². The van der Waals surface area contributed by atoms with Crippen LogP contribution in [0.25, 0.3) is 0 Å². The Kier molecular flexibility index (Phi) is 2.12. The second-order valence-electron chi connectivity index (χ2n) is 2.37. The van der Waals surface area contributed by atoms with E-state index < -0.39 is 0 Å². The Morgan fingerprint density at radius 1 is 1.50 bits per heavy atom. The first kappa shape index (κ1) is 6.34. The van der Waals surface area contributed by atoms with Gasteiger partial charge in [0.1, 0.15) is 0 Å². The fourth-order valence-electron chi connectivity index (χ4n) is 1.04. The lowest BCUT2D eigenvalue weighted by molar-refractivity contribution is 0.616. The molecule has 1 saturated carbocycles. The van der Waals surface area contributed by atoms with Gasteiger partial charge in [0.2, 0.25) is 0 Å². The molecule has 0 saturated heterocycles. The second kappa shape index (κ2) is 2.67. The highest BCUT2D eigenvalue weighted by Crippen LogP contribution is 2.27. The maximum absolute atomic E-state index is 3.95. The maximum Gasteiger partial charge on any atom is 0.0352 e. The quantitative estimate of drug-likeness (QED) is 0.392. The van der Waals surface area contributed by atoms with Crippen molar-refractivity contribution in [3.8, 4) is 0 Å². The zero-order valence-corrected chi connectivity index (χ0v) is 6.58. The number of hydrogen-bond donors (Lipinski definition) is 0. The van der Waals surface area contributed by atoms with Crippen LogP contribution in [-0.2, 0) is 0 Å². The molecule has 0 spiro atoms. The molecule has 1 fully saturated rings. The highest BCUT2D eigenvalue weighted by Gasteiger charge is 2.12.